The summed E-state index contributed by atoms with van der Waals surface area (Å²) in [7, 11) is 1.93. The van der Waals surface area contributed by atoms with Gasteiger partial charge in [0.25, 0.3) is 0 Å². The number of aromatic amines is 1. The molecule has 0 aliphatic rings. The highest BCUT2D eigenvalue weighted by molar-refractivity contribution is 5.77. The Morgan fingerprint density at radius 2 is 2.17 bits per heavy atom. The number of hydrogen-bond donors (Lipinski definition) is 2. The van der Waals surface area contributed by atoms with Crippen LogP contribution in [0.2, 0.25) is 0 Å². The molecule has 0 fully saturated rings. The minimum Gasteiger partial charge on any atom is -0.408 e. The van der Waals surface area contributed by atoms with Gasteiger partial charge in [-0.3, -0.25) is 4.98 Å². The van der Waals surface area contributed by atoms with E-state index in [1.165, 1.54) is 0 Å². The molecule has 0 saturated heterocycles. The van der Waals surface area contributed by atoms with Crippen LogP contribution >= 0.6 is 0 Å². The first-order valence-corrected chi connectivity index (χ1v) is 5.99. The van der Waals surface area contributed by atoms with Crippen molar-refractivity contribution in [1.29, 1.82) is 0 Å². The van der Waals surface area contributed by atoms with Gasteiger partial charge in [-0.1, -0.05) is 13.8 Å². The number of benzene rings is 1. The highest BCUT2D eigenvalue weighted by atomic mass is 16.4. The van der Waals surface area contributed by atoms with E-state index in [-0.39, 0.29) is 12.6 Å². The third kappa shape index (κ3) is 2.26. The second kappa shape index (κ2) is 4.86. The van der Waals surface area contributed by atoms with Crippen molar-refractivity contribution in [3.63, 3.8) is 0 Å². The summed E-state index contributed by atoms with van der Waals surface area (Å²) in [6.45, 7) is 4.22. The van der Waals surface area contributed by atoms with E-state index in [4.69, 9.17) is 4.42 Å². The van der Waals surface area contributed by atoms with Gasteiger partial charge >= 0.3 is 5.76 Å². The van der Waals surface area contributed by atoms with E-state index >= 15 is 0 Å². The van der Waals surface area contributed by atoms with Crippen LogP contribution in [0.15, 0.2) is 27.4 Å². The van der Waals surface area contributed by atoms with E-state index in [0.29, 0.717) is 17.0 Å². The number of rotatable bonds is 4. The minimum atomic E-state index is -0.452. The number of nitrogens with one attached hydrogen (secondary N) is 1. The molecule has 0 spiro atoms. The van der Waals surface area contributed by atoms with Crippen molar-refractivity contribution >= 4 is 16.8 Å². The molecule has 18 heavy (non-hydrogen) atoms. The first-order chi connectivity index (χ1) is 8.52. The Kier molecular flexibility index (Phi) is 3.43. The summed E-state index contributed by atoms with van der Waals surface area (Å²) < 4.78 is 4.96. The van der Waals surface area contributed by atoms with Crippen LogP contribution in [-0.2, 0) is 0 Å². The highest BCUT2D eigenvalue weighted by Gasteiger charge is 2.18. The Labute approximate surface area is 105 Å². The molecule has 98 valence electrons. The third-order valence-electron chi connectivity index (χ3n) is 3.26. The molecule has 0 amide bonds. The number of likely N-dealkylation sites (N-methyl/N-ethyl adjacent to an activating group) is 1. The van der Waals surface area contributed by atoms with Crippen molar-refractivity contribution < 1.29 is 9.52 Å². The molecule has 2 rings (SSSR count). The molecule has 0 aliphatic carbocycles. The summed E-state index contributed by atoms with van der Waals surface area (Å²) >= 11 is 0. The summed E-state index contributed by atoms with van der Waals surface area (Å²) in [6, 6.07) is 5.53. The minimum absolute atomic E-state index is 0.0427. The molecule has 1 atom stereocenters. The van der Waals surface area contributed by atoms with Crippen molar-refractivity contribution in [2.24, 2.45) is 5.92 Å². The number of hydrogen-bond acceptors (Lipinski definition) is 4. The molecule has 0 saturated carbocycles. The Hall–Kier alpha value is -1.75. The summed E-state index contributed by atoms with van der Waals surface area (Å²) in [6.07, 6.45) is 0. The smallest absolute Gasteiger partial charge is 0.408 e. The standard InChI is InChI=1S/C13H18N2O3/c1-8(2)11(7-16)15(3)9-4-5-12-10(6-9)14-13(17)18-12/h4-6,8,11,16H,7H2,1-3H3,(H,14,17). The molecule has 2 N–H and O–H groups in total. The first-order valence-electron chi connectivity index (χ1n) is 5.99. The Bertz CT molecular complexity index is 585. The van der Waals surface area contributed by atoms with Gasteiger partial charge < -0.3 is 14.4 Å². The molecule has 1 aromatic heterocycles. The summed E-state index contributed by atoms with van der Waals surface area (Å²) in [4.78, 5) is 15.7. The zero-order valence-corrected chi connectivity index (χ0v) is 10.8. The van der Waals surface area contributed by atoms with Crippen molar-refractivity contribution in [1.82, 2.24) is 4.98 Å². The number of H-pyrrole nitrogens is 1. The fraction of sp³-hybridized carbons (Fsp3) is 0.462. The van der Waals surface area contributed by atoms with Crippen molar-refractivity contribution in [2.45, 2.75) is 19.9 Å². The lowest BCUT2D eigenvalue weighted by molar-refractivity contribution is 0.234. The molecule has 1 heterocycles. The van der Waals surface area contributed by atoms with Gasteiger partial charge in [-0.15, -0.1) is 0 Å². The molecule has 0 aliphatic heterocycles. The number of aliphatic hydroxyl groups is 1. The number of nitrogens with zero attached hydrogens (tertiary/aromatic N) is 1. The Morgan fingerprint density at radius 1 is 1.44 bits per heavy atom. The average Bonchev–Trinajstić information content (AvgIpc) is 2.68. The highest BCUT2D eigenvalue weighted by Crippen LogP contribution is 2.22. The number of aliphatic hydroxyl groups excluding tert-OH is 1. The van der Waals surface area contributed by atoms with Gasteiger partial charge in [-0.05, 0) is 24.1 Å². The summed E-state index contributed by atoms with van der Waals surface area (Å²) in [5, 5.41) is 9.43. The molecule has 0 radical (unpaired) electrons. The predicted octanol–water partition coefficient (Wildman–Crippen LogP) is 1.57. The number of fused-ring (bicyclic) bond motifs is 1. The lowest BCUT2D eigenvalue weighted by Crippen LogP contribution is -2.38. The van der Waals surface area contributed by atoms with Crippen LogP contribution in [-0.4, -0.2) is 29.8 Å². The Morgan fingerprint density at radius 3 is 2.78 bits per heavy atom. The third-order valence-corrected chi connectivity index (χ3v) is 3.26. The second-order valence-corrected chi connectivity index (χ2v) is 4.80. The first kappa shape index (κ1) is 12.7. The van der Waals surface area contributed by atoms with Crippen LogP contribution in [0.4, 0.5) is 5.69 Å². The van der Waals surface area contributed by atoms with E-state index < -0.39 is 5.76 Å². The summed E-state index contributed by atoms with van der Waals surface area (Å²) in [5.74, 6) is -0.119. The molecule has 5 heteroatoms. The van der Waals surface area contributed by atoms with Crippen LogP contribution in [0.5, 0.6) is 0 Å². The second-order valence-electron chi connectivity index (χ2n) is 4.80. The molecule has 5 nitrogen and oxygen atoms in total. The molecule has 2 aromatic rings. The monoisotopic (exact) mass is 250 g/mol. The Balaban J connectivity index is 2.37. The molecular weight excluding hydrogens is 232 g/mol. The van der Waals surface area contributed by atoms with Gasteiger partial charge in [-0.2, -0.15) is 0 Å². The van der Waals surface area contributed by atoms with Crippen LogP contribution in [0.3, 0.4) is 0 Å². The number of aromatic nitrogens is 1. The van der Waals surface area contributed by atoms with Crippen molar-refractivity contribution in [3.8, 4) is 0 Å². The normalized spacial score (nSPS) is 13.2. The van der Waals surface area contributed by atoms with Crippen molar-refractivity contribution in [3.05, 3.63) is 28.7 Å². The lowest BCUT2D eigenvalue weighted by atomic mass is 10.0. The zero-order chi connectivity index (χ0) is 13.3. The van der Waals surface area contributed by atoms with Crippen molar-refractivity contribution in [2.75, 3.05) is 18.6 Å². The fourth-order valence-corrected chi connectivity index (χ4v) is 2.13. The van der Waals surface area contributed by atoms with Gasteiger partial charge in [-0.25, -0.2) is 4.79 Å². The predicted molar refractivity (Wildman–Crippen MR) is 70.9 cm³/mol. The van der Waals surface area contributed by atoms with Crippen LogP contribution < -0.4 is 10.7 Å². The lowest BCUT2D eigenvalue weighted by Gasteiger charge is -2.31. The summed E-state index contributed by atoms with van der Waals surface area (Å²) in [5.41, 5.74) is 2.15. The topological polar surface area (TPSA) is 69.5 Å². The maximum Gasteiger partial charge on any atom is 0.417 e. The van der Waals surface area contributed by atoms with Gasteiger partial charge in [0.2, 0.25) is 0 Å². The van der Waals surface area contributed by atoms with Gasteiger partial charge in [0.1, 0.15) is 0 Å². The quantitative estimate of drug-likeness (QED) is 0.864. The number of oxazole rings is 1. The van der Waals surface area contributed by atoms with E-state index in [9.17, 15) is 9.90 Å². The fourth-order valence-electron chi connectivity index (χ4n) is 2.13. The van der Waals surface area contributed by atoms with E-state index in [0.717, 1.165) is 5.69 Å². The molecule has 1 unspecified atom stereocenters. The molecule has 0 bridgehead atoms. The van der Waals surface area contributed by atoms with E-state index in [2.05, 4.69) is 18.8 Å². The van der Waals surface area contributed by atoms with Gasteiger partial charge in [0, 0.05) is 12.7 Å². The molecule has 1 aromatic carbocycles. The largest absolute Gasteiger partial charge is 0.417 e. The van der Waals surface area contributed by atoms with E-state index in [1.54, 1.807) is 6.07 Å². The SMILES string of the molecule is CC(C)C(CO)N(C)c1ccc2oc(=O)[nH]c2c1. The molecular formula is C13H18N2O3. The van der Waals surface area contributed by atoms with Crippen LogP contribution in [0.1, 0.15) is 13.8 Å². The zero-order valence-electron chi connectivity index (χ0n) is 10.8. The maximum atomic E-state index is 11.1. The van der Waals surface area contributed by atoms with E-state index in [1.807, 2.05) is 24.1 Å². The van der Waals surface area contributed by atoms with Gasteiger partial charge in [0.05, 0.1) is 18.2 Å². The maximum absolute atomic E-state index is 11.1. The average molecular weight is 250 g/mol. The van der Waals surface area contributed by atoms with Crippen LogP contribution in [0, 0.1) is 5.92 Å². The van der Waals surface area contributed by atoms with Crippen LogP contribution in [0.25, 0.3) is 11.1 Å². The number of anilines is 1. The van der Waals surface area contributed by atoms with Gasteiger partial charge in [0.15, 0.2) is 5.58 Å².